The van der Waals surface area contributed by atoms with E-state index in [1.807, 2.05) is 24.3 Å². The van der Waals surface area contributed by atoms with Crippen molar-refractivity contribution in [3.8, 4) is 5.75 Å². The molecule has 2 aromatic rings. The van der Waals surface area contributed by atoms with Gasteiger partial charge in [0.2, 0.25) is 0 Å². The standard InChI is InChI=1S/C10H9BrN2O2/c11-8-3-1-2-4-9(8)14-6-7-5-10(12)13-15-7/h1-5H,6H2,(H2,12,13). The van der Waals surface area contributed by atoms with Gasteiger partial charge in [0.25, 0.3) is 0 Å². The van der Waals surface area contributed by atoms with Crippen molar-refractivity contribution < 1.29 is 9.26 Å². The highest BCUT2D eigenvalue weighted by Crippen LogP contribution is 2.24. The van der Waals surface area contributed by atoms with E-state index >= 15 is 0 Å². The van der Waals surface area contributed by atoms with Crippen LogP contribution >= 0.6 is 15.9 Å². The summed E-state index contributed by atoms with van der Waals surface area (Å²) in [4.78, 5) is 0. The fraction of sp³-hybridized carbons (Fsp3) is 0.100. The first-order valence-corrected chi connectivity index (χ1v) is 5.13. The molecule has 0 radical (unpaired) electrons. The number of hydrogen-bond donors (Lipinski definition) is 1. The normalized spacial score (nSPS) is 10.2. The number of nitrogen functional groups attached to an aromatic ring is 1. The second kappa shape index (κ2) is 4.35. The highest BCUT2D eigenvalue weighted by Gasteiger charge is 2.04. The summed E-state index contributed by atoms with van der Waals surface area (Å²) in [5.74, 6) is 1.72. The fourth-order valence-corrected chi connectivity index (χ4v) is 1.51. The van der Waals surface area contributed by atoms with E-state index in [9.17, 15) is 0 Å². The highest BCUT2D eigenvalue weighted by atomic mass is 79.9. The van der Waals surface area contributed by atoms with Crippen LogP contribution in [-0.2, 0) is 6.61 Å². The Kier molecular flexibility index (Phi) is 2.91. The number of nitrogens with zero attached hydrogens (tertiary/aromatic N) is 1. The molecule has 1 heterocycles. The van der Waals surface area contributed by atoms with E-state index in [0.717, 1.165) is 10.2 Å². The summed E-state index contributed by atoms with van der Waals surface area (Å²) in [5.41, 5.74) is 5.41. The minimum atomic E-state index is 0.312. The van der Waals surface area contributed by atoms with Gasteiger partial charge in [0.15, 0.2) is 11.6 Å². The van der Waals surface area contributed by atoms with Gasteiger partial charge < -0.3 is 15.0 Å². The number of hydrogen-bond acceptors (Lipinski definition) is 4. The lowest BCUT2D eigenvalue weighted by molar-refractivity contribution is 0.248. The third-order valence-electron chi connectivity index (χ3n) is 1.78. The zero-order chi connectivity index (χ0) is 10.7. The van der Waals surface area contributed by atoms with Gasteiger partial charge in [-0.25, -0.2) is 0 Å². The molecule has 0 aliphatic rings. The van der Waals surface area contributed by atoms with Crippen molar-refractivity contribution in [3.05, 3.63) is 40.6 Å². The number of benzene rings is 1. The second-order valence-electron chi connectivity index (χ2n) is 2.94. The van der Waals surface area contributed by atoms with Crippen LogP contribution in [0.15, 0.2) is 39.3 Å². The lowest BCUT2D eigenvalue weighted by Crippen LogP contribution is -1.94. The minimum absolute atomic E-state index is 0.312. The van der Waals surface area contributed by atoms with E-state index in [2.05, 4.69) is 21.1 Å². The molecule has 0 aliphatic heterocycles. The Hall–Kier alpha value is -1.49. The molecule has 1 aromatic heterocycles. The van der Waals surface area contributed by atoms with Crippen LogP contribution in [0.2, 0.25) is 0 Å². The van der Waals surface area contributed by atoms with Gasteiger partial charge in [0.05, 0.1) is 4.47 Å². The van der Waals surface area contributed by atoms with Crippen LogP contribution in [0, 0.1) is 0 Å². The van der Waals surface area contributed by atoms with E-state index < -0.39 is 0 Å². The van der Waals surface area contributed by atoms with Crippen LogP contribution < -0.4 is 10.5 Å². The van der Waals surface area contributed by atoms with Gasteiger partial charge in [-0.05, 0) is 28.1 Å². The molecule has 0 atom stereocenters. The van der Waals surface area contributed by atoms with Crippen LogP contribution in [0.4, 0.5) is 5.82 Å². The largest absolute Gasteiger partial charge is 0.484 e. The zero-order valence-corrected chi connectivity index (χ0v) is 9.40. The highest BCUT2D eigenvalue weighted by molar-refractivity contribution is 9.10. The van der Waals surface area contributed by atoms with Crippen molar-refractivity contribution >= 4 is 21.7 Å². The number of nitrogens with two attached hydrogens (primary N) is 1. The number of anilines is 1. The van der Waals surface area contributed by atoms with Gasteiger partial charge in [-0.2, -0.15) is 0 Å². The summed E-state index contributed by atoms with van der Waals surface area (Å²) >= 11 is 3.38. The van der Waals surface area contributed by atoms with E-state index in [1.54, 1.807) is 6.07 Å². The van der Waals surface area contributed by atoms with Crippen molar-refractivity contribution in [2.45, 2.75) is 6.61 Å². The maximum atomic E-state index is 5.50. The van der Waals surface area contributed by atoms with Crippen molar-refractivity contribution in [1.29, 1.82) is 0 Å². The molecule has 0 unspecified atom stereocenters. The summed E-state index contributed by atoms with van der Waals surface area (Å²) in [6, 6.07) is 9.23. The smallest absolute Gasteiger partial charge is 0.176 e. The first-order valence-electron chi connectivity index (χ1n) is 4.34. The van der Waals surface area contributed by atoms with E-state index in [1.165, 1.54) is 0 Å². The predicted molar refractivity (Wildman–Crippen MR) is 59.4 cm³/mol. The van der Waals surface area contributed by atoms with E-state index in [4.69, 9.17) is 15.0 Å². The fourth-order valence-electron chi connectivity index (χ4n) is 1.11. The first-order chi connectivity index (χ1) is 7.25. The minimum Gasteiger partial charge on any atom is -0.484 e. The van der Waals surface area contributed by atoms with E-state index in [-0.39, 0.29) is 0 Å². The summed E-state index contributed by atoms with van der Waals surface area (Å²) in [6.07, 6.45) is 0. The topological polar surface area (TPSA) is 61.3 Å². The molecule has 0 spiro atoms. The number of ether oxygens (including phenoxy) is 1. The summed E-state index contributed by atoms with van der Waals surface area (Å²) < 4.78 is 11.3. The molecule has 15 heavy (non-hydrogen) atoms. The number of para-hydroxylation sites is 1. The molecule has 0 aliphatic carbocycles. The molecule has 78 valence electrons. The summed E-state index contributed by atoms with van der Waals surface area (Å²) in [5, 5.41) is 3.56. The molecular formula is C10H9BrN2O2. The SMILES string of the molecule is Nc1cc(COc2ccccc2Br)on1. The van der Waals surface area contributed by atoms with Crippen LogP contribution in [0.5, 0.6) is 5.75 Å². The third-order valence-corrected chi connectivity index (χ3v) is 2.44. The van der Waals surface area contributed by atoms with Gasteiger partial charge in [-0.3, -0.25) is 0 Å². The number of halogens is 1. The molecule has 0 fully saturated rings. The van der Waals surface area contributed by atoms with Crippen LogP contribution in [0.3, 0.4) is 0 Å². The average molecular weight is 269 g/mol. The number of rotatable bonds is 3. The van der Waals surface area contributed by atoms with Crippen LogP contribution in [0.1, 0.15) is 5.76 Å². The molecule has 0 saturated heterocycles. The van der Waals surface area contributed by atoms with Gasteiger partial charge in [0.1, 0.15) is 12.4 Å². The molecule has 4 nitrogen and oxygen atoms in total. The Morgan fingerprint density at radius 1 is 1.40 bits per heavy atom. The summed E-state index contributed by atoms with van der Waals surface area (Å²) in [6.45, 7) is 0.312. The molecule has 0 amide bonds. The molecule has 2 rings (SSSR count). The second-order valence-corrected chi connectivity index (χ2v) is 3.79. The predicted octanol–water partition coefficient (Wildman–Crippen LogP) is 2.60. The Morgan fingerprint density at radius 3 is 2.87 bits per heavy atom. The monoisotopic (exact) mass is 268 g/mol. The number of aromatic nitrogens is 1. The third kappa shape index (κ3) is 2.50. The van der Waals surface area contributed by atoms with Crippen LogP contribution in [-0.4, -0.2) is 5.16 Å². The van der Waals surface area contributed by atoms with Gasteiger partial charge in [-0.15, -0.1) is 0 Å². The van der Waals surface area contributed by atoms with Crippen molar-refractivity contribution in [2.24, 2.45) is 0 Å². The first kappa shape index (κ1) is 10.0. The molecule has 1 aromatic carbocycles. The molecule has 2 N–H and O–H groups in total. The molecule has 5 heteroatoms. The van der Waals surface area contributed by atoms with Crippen LogP contribution in [0.25, 0.3) is 0 Å². The quantitative estimate of drug-likeness (QED) is 0.930. The Morgan fingerprint density at radius 2 is 2.20 bits per heavy atom. The average Bonchev–Trinajstić information content (AvgIpc) is 2.63. The van der Waals surface area contributed by atoms with Crippen molar-refractivity contribution in [3.63, 3.8) is 0 Å². The molecule has 0 bridgehead atoms. The maximum absolute atomic E-state index is 5.50. The Bertz CT molecular complexity index is 456. The summed E-state index contributed by atoms with van der Waals surface area (Å²) in [7, 11) is 0. The van der Waals surface area contributed by atoms with Crippen molar-refractivity contribution in [1.82, 2.24) is 5.16 Å². The van der Waals surface area contributed by atoms with Gasteiger partial charge >= 0.3 is 0 Å². The Balaban J connectivity index is 2.02. The van der Waals surface area contributed by atoms with Gasteiger partial charge in [0, 0.05) is 6.07 Å². The Labute approximate surface area is 95.1 Å². The zero-order valence-electron chi connectivity index (χ0n) is 7.81. The lowest BCUT2D eigenvalue weighted by atomic mass is 10.3. The molecular weight excluding hydrogens is 260 g/mol. The van der Waals surface area contributed by atoms with Crippen molar-refractivity contribution in [2.75, 3.05) is 5.73 Å². The lowest BCUT2D eigenvalue weighted by Gasteiger charge is -2.04. The maximum Gasteiger partial charge on any atom is 0.176 e. The van der Waals surface area contributed by atoms with E-state index in [0.29, 0.717) is 18.2 Å². The molecule has 0 saturated carbocycles. The van der Waals surface area contributed by atoms with Gasteiger partial charge in [-0.1, -0.05) is 17.3 Å².